The number of fused-ring (bicyclic) bond motifs is 1. The molecule has 0 aliphatic carbocycles. The van der Waals surface area contributed by atoms with Gasteiger partial charge in [0.25, 0.3) is 0 Å². The molecule has 0 heterocycles. The zero-order chi connectivity index (χ0) is 20.8. The van der Waals surface area contributed by atoms with E-state index in [0.29, 0.717) is 5.56 Å². The van der Waals surface area contributed by atoms with Crippen molar-refractivity contribution in [3.05, 3.63) is 83.9 Å². The van der Waals surface area contributed by atoms with Gasteiger partial charge in [-0.05, 0) is 28.8 Å². The average Bonchev–Trinajstić information content (AvgIpc) is 2.73. The summed E-state index contributed by atoms with van der Waals surface area (Å²) in [7, 11) is 0. The van der Waals surface area contributed by atoms with Gasteiger partial charge in [-0.3, -0.25) is 19.7 Å². The van der Waals surface area contributed by atoms with Gasteiger partial charge in [0.1, 0.15) is 12.1 Å². The molecule has 3 rings (SSSR count). The minimum Gasteiger partial charge on any atom is -0.344 e. The molecule has 3 aromatic rings. The molecule has 29 heavy (non-hydrogen) atoms. The van der Waals surface area contributed by atoms with Crippen molar-refractivity contribution in [1.29, 1.82) is 0 Å². The summed E-state index contributed by atoms with van der Waals surface area (Å²) >= 11 is 0. The molecule has 0 fully saturated rings. The maximum absolute atomic E-state index is 12.3. The van der Waals surface area contributed by atoms with Gasteiger partial charge in [0.05, 0.1) is 6.42 Å². The van der Waals surface area contributed by atoms with Crippen molar-refractivity contribution in [3.8, 4) is 0 Å². The van der Waals surface area contributed by atoms with Crippen molar-refractivity contribution in [1.82, 2.24) is 10.6 Å². The SMILES string of the molecule is C[C@H](NC(=O)Cc1ccc2ccccc2c1)C(=O)NC(=O)[C@H](N)c1ccccc1. The molecule has 0 spiro atoms. The Morgan fingerprint density at radius 3 is 2.24 bits per heavy atom. The molecular formula is C23H23N3O3. The molecule has 0 aliphatic rings. The van der Waals surface area contributed by atoms with Crippen LogP contribution in [0.25, 0.3) is 10.8 Å². The van der Waals surface area contributed by atoms with Crippen LogP contribution in [0, 0.1) is 0 Å². The van der Waals surface area contributed by atoms with Crippen LogP contribution in [0.2, 0.25) is 0 Å². The van der Waals surface area contributed by atoms with Crippen LogP contribution in [0.5, 0.6) is 0 Å². The largest absolute Gasteiger partial charge is 0.344 e. The first-order chi connectivity index (χ1) is 13.9. The fourth-order valence-electron chi connectivity index (χ4n) is 3.01. The molecule has 0 aromatic heterocycles. The molecule has 3 aromatic carbocycles. The monoisotopic (exact) mass is 389 g/mol. The first-order valence-corrected chi connectivity index (χ1v) is 9.36. The molecule has 148 valence electrons. The molecule has 4 N–H and O–H groups in total. The average molecular weight is 389 g/mol. The normalized spacial score (nSPS) is 12.8. The standard InChI is InChI=1S/C23H23N3O3/c1-15(22(28)26-23(29)21(24)18-8-3-2-4-9-18)25-20(27)14-16-11-12-17-7-5-6-10-19(17)13-16/h2-13,15,21H,14,24H2,1H3,(H,25,27)(H,26,28,29)/t15-,21+/m0/s1. The lowest BCUT2D eigenvalue weighted by atomic mass is 10.0. The van der Waals surface area contributed by atoms with E-state index in [1.54, 1.807) is 24.3 Å². The summed E-state index contributed by atoms with van der Waals surface area (Å²) in [5.74, 6) is -1.52. The third-order valence-electron chi connectivity index (χ3n) is 4.64. The van der Waals surface area contributed by atoms with E-state index in [0.717, 1.165) is 16.3 Å². The molecule has 6 heteroatoms. The third kappa shape index (κ3) is 5.27. The topological polar surface area (TPSA) is 101 Å². The number of nitrogens with two attached hydrogens (primary N) is 1. The van der Waals surface area contributed by atoms with Gasteiger partial charge in [0.15, 0.2) is 0 Å². The predicted octanol–water partition coefficient (Wildman–Crippen LogP) is 2.23. The van der Waals surface area contributed by atoms with Gasteiger partial charge in [-0.2, -0.15) is 0 Å². The van der Waals surface area contributed by atoms with E-state index < -0.39 is 23.9 Å². The fraction of sp³-hybridized carbons (Fsp3) is 0.174. The second kappa shape index (κ2) is 9.12. The summed E-state index contributed by atoms with van der Waals surface area (Å²) < 4.78 is 0. The Hall–Kier alpha value is -3.51. The van der Waals surface area contributed by atoms with Crippen LogP contribution in [-0.2, 0) is 20.8 Å². The van der Waals surface area contributed by atoms with Gasteiger partial charge >= 0.3 is 0 Å². The van der Waals surface area contributed by atoms with E-state index in [4.69, 9.17) is 5.73 Å². The molecule has 0 saturated carbocycles. The number of imide groups is 1. The third-order valence-corrected chi connectivity index (χ3v) is 4.64. The van der Waals surface area contributed by atoms with E-state index in [1.807, 2.05) is 48.5 Å². The highest BCUT2D eigenvalue weighted by atomic mass is 16.2. The van der Waals surface area contributed by atoms with E-state index in [9.17, 15) is 14.4 Å². The van der Waals surface area contributed by atoms with Crippen molar-refractivity contribution < 1.29 is 14.4 Å². The highest BCUT2D eigenvalue weighted by Crippen LogP contribution is 2.16. The number of hydrogen-bond acceptors (Lipinski definition) is 4. The number of rotatable bonds is 6. The Bertz CT molecular complexity index is 1030. The predicted molar refractivity (Wildman–Crippen MR) is 112 cm³/mol. The van der Waals surface area contributed by atoms with E-state index in [2.05, 4.69) is 10.6 Å². The number of benzene rings is 3. The Kier molecular flexibility index (Phi) is 6.36. The number of carbonyl (C=O) groups excluding carboxylic acids is 3. The fourth-order valence-corrected chi connectivity index (χ4v) is 3.01. The number of hydrogen-bond donors (Lipinski definition) is 3. The maximum Gasteiger partial charge on any atom is 0.248 e. The highest BCUT2D eigenvalue weighted by Gasteiger charge is 2.22. The highest BCUT2D eigenvalue weighted by molar-refractivity contribution is 6.01. The van der Waals surface area contributed by atoms with Gasteiger partial charge in [-0.1, -0.05) is 72.8 Å². The molecule has 0 radical (unpaired) electrons. The molecular weight excluding hydrogens is 366 g/mol. The van der Waals surface area contributed by atoms with Crippen LogP contribution in [0.15, 0.2) is 72.8 Å². The van der Waals surface area contributed by atoms with E-state index in [-0.39, 0.29) is 12.3 Å². The Morgan fingerprint density at radius 1 is 0.862 bits per heavy atom. The zero-order valence-electron chi connectivity index (χ0n) is 16.1. The molecule has 0 unspecified atom stereocenters. The second-order valence-electron chi connectivity index (χ2n) is 6.89. The van der Waals surface area contributed by atoms with Crippen LogP contribution in [0.4, 0.5) is 0 Å². The molecule has 0 saturated heterocycles. The quantitative estimate of drug-likeness (QED) is 0.602. The molecule has 3 amide bonds. The van der Waals surface area contributed by atoms with Crippen molar-refractivity contribution in [3.63, 3.8) is 0 Å². The van der Waals surface area contributed by atoms with Crippen LogP contribution in [-0.4, -0.2) is 23.8 Å². The van der Waals surface area contributed by atoms with Gasteiger partial charge in [-0.15, -0.1) is 0 Å². The zero-order valence-corrected chi connectivity index (χ0v) is 16.1. The van der Waals surface area contributed by atoms with Crippen molar-refractivity contribution in [2.45, 2.75) is 25.4 Å². The van der Waals surface area contributed by atoms with Crippen molar-refractivity contribution in [2.75, 3.05) is 0 Å². The van der Waals surface area contributed by atoms with Crippen molar-refractivity contribution in [2.24, 2.45) is 5.73 Å². The summed E-state index contributed by atoms with van der Waals surface area (Å²) in [5.41, 5.74) is 7.33. The number of nitrogens with one attached hydrogen (secondary N) is 2. The minimum atomic E-state index is -0.958. The summed E-state index contributed by atoms with van der Waals surface area (Å²) in [4.78, 5) is 36.7. The van der Waals surface area contributed by atoms with E-state index in [1.165, 1.54) is 6.92 Å². The van der Waals surface area contributed by atoms with Gasteiger partial charge in [-0.25, -0.2) is 0 Å². The summed E-state index contributed by atoms with van der Waals surface area (Å²) in [6.45, 7) is 1.52. The van der Waals surface area contributed by atoms with Crippen LogP contribution < -0.4 is 16.4 Å². The minimum absolute atomic E-state index is 0.139. The number of amides is 3. The Labute approximate surface area is 169 Å². The summed E-state index contributed by atoms with van der Waals surface area (Å²) in [5, 5.41) is 7.01. The lowest BCUT2D eigenvalue weighted by Gasteiger charge is -2.16. The van der Waals surface area contributed by atoms with E-state index >= 15 is 0 Å². The van der Waals surface area contributed by atoms with Crippen LogP contribution in [0.1, 0.15) is 24.1 Å². The molecule has 0 bridgehead atoms. The smallest absolute Gasteiger partial charge is 0.248 e. The lowest BCUT2D eigenvalue weighted by Crippen LogP contribution is -2.49. The molecule has 6 nitrogen and oxygen atoms in total. The van der Waals surface area contributed by atoms with Gasteiger partial charge in [0, 0.05) is 0 Å². The molecule has 0 aliphatic heterocycles. The van der Waals surface area contributed by atoms with Crippen LogP contribution in [0.3, 0.4) is 0 Å². The maximum atomic E-state index is 12.3. The lowest BCUT2D eigenvalue weighted by molar-refractivity contribution is -0.134. The second-order valence-corrected chi connectivity index (χ2v) is 6.89. The Morgan fingerprint density at radius 2 is 1.52 bits per heavy atom. The summed E-state index contributed by atoms with van der Waals surface area (Å²) in [6, 6.07) is 20.6. The first-order valence-electron chi connectivity index (χ1n) is 9.36. The molecule has 2 atom stereocenters. The number of carbonyl (C=O) groups is 3. The van der Waals surface area contributed by atoms with Crippen molar-refractivity contribution >= 4 is 28.5 Å². The Balaban J connectivity index is 1.54. The van der Waals surface area contributed by atoms with Crippen LogP contribution >= 0.6 is 0 Å². The van der Waals surface area contributed by atoms with Gasteiger partial charge in [0.2, 0.25) is 17.7 Å². The first kappa shape index (κ1) is 20.2. The van der Waals surface area contributed by atoms with Gasteiger partial charge < -0.3 is 11.1 Å². The summed E-state index contributed by atoms with van der Waals surface area (Å²) in [6.07, 6.45) is 0.139.